The molecule has 4 heteroatoms. The Labute approximate surface area is 100 Å². The number of carbonyl (C=O) groups excluding carboxylic acids is 2. The molecule has 0 saturated carbocycles. The lowest BCUT2D eigenvalue weighted by Gasteiger charge is -2.02. The molecule has 1 aromatic carbocycles. The van der Waals surface area contributed by atoms with Crippen molar-refractivity contribution in [1.82, 2.24) is 5.32 Å². The van der Waals surface area contributed by atoms with Crippen molar-refractivity contribution in [3.63, 3.8) is 0 Å². The van der Waals surface area contributed by atoms with E-state index in [0.29, 0.717) is 6.54 Å². The highest BCUT2D eigenvalue weighted by atomic mass is 16.5. The number of esters is 1. The molecule has 0 aromatic heterocycles. The maximum absolute atomic E-state index is 11.2. The lowest BCUT2D eigenvalue weighted by molar-refractivity contribution is -0.135. The monoisotopic (exact) mass is 233 g/mol. The Hall–Kier alpha value is -2.10. The van der Waals surface area contributed by atoms with E-state index in [9.17, 15) is 9.59 Å². The SMILES string of the molecule is COC(=O)C=CC(=O)NCCc1ccccc1. The van der Waals surface area contributed by atoms with Crippen LogP contribution in [0.15, 0.2) is 42.5 Å². The molecular formula is C13H15NO3. The van der Waals surface area contributed by atoms with Crippen LogP contribution in [0.1, 0.15) is 5.56 Å². The van der Waals surface area contributed by atoms with Gasteiger partial charge in [-0.2, -0.15) is 0 Å². The number of methoxy groups -OCH3 is 1. The molecule has 90 valence electrons. The van der Waals surface area contributed by atoms with Gasteiger partial charge in [0.25, 0.3) is 0 Å². The zero-order chi connectivity index (χ0) is 12.5. The zero-order valence-electron chi connectivity index (χ0n) is 9.68. The number of nitrogens with one attached hydrogen (secondary N) is 1. The van der Waals surface area contributed by atoms with Crippen LogP contribution in [0.2, 0.25) is 0 Å². The van der Waals surface area contributed by atoms with Crippen molar-refractivity contribution in [3.8, 4) is 0 Å². The van der Waals surface area contributed by atoms with E-state index in [0.717, 1.165) is 24.1 Å². The Morgan fingerprint density at radius 3 is 2.59 bits per heavy atom. The summed E-state index contributed by atoms with van der Waals surface area (Å²) in [5.41, 5.74) is 1.16. The van der Waals surface area contributed by atoms with E-state index in [2.05, 4.69) is 10.1 Å². The molecule has 0 heterocycles. The fourth-order valence-corrected chi connectivity index (χ4v) is 1.25. The quantitative estimate of drug-likeness (QED) is 0.611. The first-order valence-electron chi connectivity index (χ1n) is 5.30. The minimum absolute atomic E-state index is 0.300. The van der Waals surface area contributed by atoms with E-state index in [4.69, 9.17) is 0 Å². The third-order valence-corrected chi connectivity index (χ3v) is 2.13. The van der Waals surface area contributed by atoms with Gasteiger partial charge in [0, 0.05) is 18.7 Å². The van der Waals surface area contributed by atoms with Gasteiger partial charge >= 0.3 is 5.97 Å². The minimum Gasteiger partial charge on any atom is -0.466 e. The molecule has 0 aliphatic heterocycles. The highest BCUT2D eigenvalue weighted by Gasteiger charge is 1.97. The summed E-state index contributed by atoms with van der Waals surface area (Å²) >= 11 is 0. The van der Waals surface area contributed by atoms with Crippen LogP contribution < -0.4 is 5.32 Å². The first-order chi connectivity index (χ1) is 8.22. The second-order valence-corrected chi connectivity index (χ2v) is 3.38. The lowest BCUT2D eigenvalue weighted by Crippen LogP contribution is -2.23. The van der Waals surface area contributed by atoms with E-state index in [1.807, 2.05) is 30.3 Å². The van der Waals surface area contributed by atoms with Gasteiger partial charge in [0.1, 0.15) is 0 Å². The second kappa shape index (κ2) is 7.22. The second-order valence-electron chi connectivity index (χ2n) is 3.38. The molecule has 17 heavy (non-hydrogen) atoms. The highest BCUT2D eigenvalue weighted by Crippen LogP contribution is 1.97. The van der Waals surface area contributed by atoms with Gasteiger partial charge in [-0.25, -0.2) is 4.79 Å². The predicted molar refractivity (Wildman–Crippen MR) is 64.3 cm³/mol. The van der Waals surface area contributed by atoms with Gasteiger partial charge in [0.2, 0.25) is 5.91 Å². The molecule has 0 atom stereocenters. The van der Waals surface area contributed by atoms with Crippen LogP contribution in [0.25, 0.3) is 0 Å². The smallest absolute Gasteiger partial charge is 0.330 e. The summed E-state index contributed by atoms with van der Waals surface area (Å²) in [5.74, 6) is -0.838. The molecule has 0 radical (unpaired) electrons. The molecule has 0 aliphatic carbocycles. The number of ether oxygens (including phenoxy) is 1. The zero-order valence-corrected chi connectivity index (χ0v) is 9.68. The summed E-state index contributed by atoms with van der Waals surface area (Å²) < 4.78 is 4.37. The summed E-state index contributed by atoms with van der Waals surface area (Å²) in [6.45, 7) is 0.536. The number of rotatable bonds is 5. The van der Waals surface area contributed by atoms with Crippen LogP contribution in [-0.2, 0) is 20.7 Å². The van der Waals surface area contributed by atoms with Crippen LogP contribution in [-0.4, -0.2) is 25.5 Å². The molecule has 4 nitrogen and oxygen atoms in total. The topological polar surface area (TPSA) is 55.4 Å². The maximum atomic E-state index is 11.2. The van der Waals surface area contributed by atoms with Crippen molar-refractivity contribution in [1.29, 1.82) is 0 Å². The van der Waals surface area contributed by atoms with Gasteiger partial charge < -0.3 is 10.1 Å². The van der Waals surface area contributed by atoms with Crippen molar-refractivity contribution >= 4 is 11.9 Å². The van der Waals surface area contributed by atoms with Crippen LogP contribution in [0.5, 0.6) is 0 Å². The van der Waals surface area contributed by atoms with Crippen LogP contribution in [0.3, 0.4) is 0 Å². The number of amides is 1. The van der Waals surface area contributed by atoms with E-state index in [-0.39, 0.29) is 5.91 Å². The van der Waals surface area contributed by atoms with Crippen LogP contribution in [0.4, 0.5) is 0 Å². The van der Waals surface area contributed by atoms with Crippen molar-refractivity contribution in [3.05, 3.63) is 48.0 Å². The average molecular weight is 233 g/mol. The van der Waals surface area contributed by atoms with Gasteiger partial charge in [0.05, 0.1) is 7.11 Å². The van der Waals surface area contributed by atoms with Gasteiger partial charge in [-0.05, 0) is 12.0 Å². The van der Waals surface area contributed by atoms with Gasteiger partial charge in [0.15, 0.2) is 0 Å². The van der Waals surface area contributed by atoms with Crippen LogP contribution in [0, 0.1) is 0 Å². The fourth-order valence-electron chi connectivity index (χ4n) is 1.25. The predicted octanol–water partition coefficient (Wildman–Crippen LogP) is 1.07. The van der Waals surface area contributed by atoms with Gasteiger partial charge in [-0.15, -0.1) is 0 Å². The third-order valence-electron chi connectivity index (χ3n) is 2.13. The van der Waals surface area contributed by atoms with E-state index in [1.165, 1.54) is 7.11 Å². The average Bonchev–Trinajstić information content (AvgIpc) is 2.37. The fraction of sp³-hybridized carbons (Fsp3) is 0.231. The summed E-state index contributed by atoms with van der Waals surface area (Å²) in [5, 5.41) is 2.68. The van der Waals surface area contributed by atoms with E-state index < -0.39 is 5.97 Å². The van der Waals surface area contributed by atoms with Crippen LogP contribution >= 0.6 is 0 Å². The van der Waals surface area contributed by atoms with Crippen molar-refractivity contribution in [2.45, 2.75) is 6.42 Å². The Balaban J connectivity index is 2.25. The molecule has 0 spiro atoms. The van der Waals surface area contributed by atoms with Crippen molar-refractivity contribution in [2.24, 2.45) is 0 Å². The van der Waals surface area contributed by atoms with Crippen molar-refractivity contribution in [2.75, 3.05) is 13.7 Å². The molecule has 0 unspecified atom stereocenters. The maximum Gasteiger partial charge on any atom is 0.330 e. The number of carbonyl (C=O) groups is 2. The highest BCUT2D eigenvalue weighted by molar-refractivity contribution is 5.94. The number of benzene rings is 1. The Morgan fingerprint density at radius 2 is 1.94 bits per heavy atom. The first kappa shape index (κ1) is 13.0. The van der Waals surface area contributed by atoms with Gasteiger partial charge in [-0.3, -0.25) is 4.79 Å². The standard InChI is InChI=1S/C13H15NO3/c1-17-13(16)8-7-12(15)14-10-9-11-5-3-2-4-6-11/h2-8H,9-10H2,1H3,(H,14,15). The Kier molecular flexibility index (Phi) is 5.51. The first-order valence-corrected chi connectivity index (χ1v) is 5.30. The molecule has 0 bridgehead atoms. The molecule has 0 saturated heterocycles. The molecular weight excluding hydrogens is 218 g/mol. The molecule has 0 fully saturated rings. The number of hydrogen-bond acceptors (Lipinski definition) is 3. The minimum atomic E-state index is -0.539. The largest absolute Gasteiger partial charge is 0.466 e. The summed E-state index contributed by atoms with van der Waals surface area (Å²) in [4.78, 5) is 22.0. The summed E-state index contributed by atoms with van der Waals surface area (Å²) in [6.07, 6.45) is 3.02. The summed E-state index contributed by atoms with van der Waals surface area (Å²) in [7, 11) is 1.26. The number of hydrogen-bond donors (Lipinski definition) is 1. The van der Waals surface area contributed by atoms with E-state index in [1.54, 1.807) is 0 Å². The molecule has 1 N–H and O–H groups in total. The Bertz CT molecular complexity index is 398. The van der Waals surface area contributed by atoms with Gasteiger partial charge in [-0.1, -0.05) is 30.3 Å². The lowest BCUT2D eigenvalue weighted by atomic mass is 10.1. The molecule has 1 aromatic rings. The normalized spacial score (nSPS) is 10.2. The Morgan fingerprint density at radius 1 is 1.24 bits per heavy atom. The van der Waals surface area contributed by atoms with Crippen molar-refractivity contribution < 1.29 is 14.3 Å². The molecule has 1 amide bonds. The van der Waals surface area contributed by atoms with E-state index >= 15 is 0 Å². The third kappa shape index (κ3) is 5.51. The summed E-state index contributed by atoms with van der Waals surface area (Å²) in [6, 6.07) is 9.84. The molecule has 1 rings (SSSR count). The molecule has 0 aliphatic rings.